The van der Waals surface area contributed by atoms with Gasteiger partial charge in [0, 0.05) is 23.9 Å². The van der Waals surface area contributed by atoms with Crippen molar-refractivity contribution in [1.82, 2.24) is 0 Å². The van der Waals surface area contributed by atoms with Crippen molar-refractivity contribution in [1.29, 1.82) is 0 Å². The smallest absolute Gasteiger partial charge is 0.274 e. The van der Waals surface area contributed by atoms with Crippen molar-refractivity contribution in [3.05, 3.63) is 46.5 Å². The monoisotopic (exact) mass is 206 g/mol. The van der Waals surface area contributed by atoms with E-state index in [1.165, 1.54) is 0 Å². The normalized spacial score (nSPS) is 9.67. The third-order valence-corrected chi connectivity index (χ3v) is 2.08. The standard InChI is InChI=1S/C11H14N2O2/c1-3-4-7-12-10-6-5-9(2)11(8-10)13(14)15/h3,5-6,8,12H,1,4,7H2,2H3. The molecule has 0 spiro atoms. The molecular formula is C11H14N2O2. The average Bonchev–Trinajstić information content (AvgIpc) is 2.20. The highest BCUT2D eigenvalue weighted by Gasteiger charge is 2.10. The first-order valence-corrected chi connectivity index (χ1v) is 4.75. The van der Waals surface area contributed by atoms with Crippen LogP contribution in [-0.2, 0) is 0 Å². The quantitative estimate of drug-likeness (QED) is 0.349. The SMILES string of the molecule is C=CCCNc1ccc(C)c([N+](=O)[O-])c1. The minimum atomic E-state index is -0.367. The van der Waals surface area contributed by atoms with Gasteiger partial charge in [-0.05, 0) is 19.4 Å². The van der Waals surface area contributed by atoms with Crippen LogP contribution in [0.3, 0.4) is 0 Å². The van der Waals surface area contributed by atoms with Crippen molar-refractivity contribution in [2.24, 2.45) is 0 Å². The Labute approximate surface area is 88.8 Å². The highest BCUT2D eigenvalue weighted by Crippen LogP contribution is 2.22. The predicted molar refractivity (Wildman–Crippen MR) is 61.1 cm³/mol. The van der Waals surface area contributed by atoms with E-state index in [0.29, 0.717) is 5.56 Å². The van der Waals surface area contributed by atoms with Crippen LogP contribution in [0.1, 0.15) is 12.0 Å². The Kier molecular flexibility index (Phi) is 3.85. The third-order valence-electron chi connectivity index (χ3n) is 2.08. The molecule has 0 radical (unpaired) electrons. The molecule has 0 aromatic heterocycles. The topological polar surface area (TPSA) is 55.2 Å². The van der Waals surface area contributed by atoms with Crippen LogP contribution in [0.15, 0.2) is 30.9 Å². The number of anilines is 1. The minimum absolute atomic E-state index is 0.151. The summed E-state index contributed by atoms with van der Waals surface area (Å²) in [5.41, 5.74) is 1.60. The summed E-state index contributed by atoms with van der Waals surface area (Å²) in [5, 5.41) is 13.8. The van der Waals surface area contributed by atoms with Crippen molar-refractivity contribution >= 4 is 11.4 Å². The van der Waals surface area contributed by atoms with Crippen LogP contribution in [-0.4, -0.2) is 11.5 Å². The predicted octanol–water partition coefficient (Wildman–Crippen LogP) is 2.89. The first-order valence-electron chi connectivity index (χ1n) is 4.75. The van der Waals surface area contributed by atoms with Gasteiger partial charge in [0.2, 0.25) is 0 Å². The maximum Gasteiger partial charge on any atom is 0.274 e. The Morgan fingerprint density at radius 3 is 2.93 bits per heavy atom. The molecule has 4 nitrogen and oxygen atoms in total. The van der Waals surface area contributed by atoms with Crippen molar-refractivity contribution < 1.29 is 4.92 Å². The Morgan fingerprint density at radius 2 is 2.33 bits per heavy atom. The van der Waals surface area contributed by atoms with Crippen molar-refractivity contribution in [2.45, 2.75) is 13.3 Å². The van der Waals surface area contributed by atoms with Gasteiger partial charge in [-0.2, -0.15) is 0 Å². The van der Waals surface area contributed by atoms with Gasteiger partial charge in [0.05, 0.1) is 4.92 Å². The molecule has 0 bridgehead atoms. The van der Waals surface area contributed by atoms with E-state index in [4.69, 9.17) is 0 Å². The molecule has 4 heteroatoms. The van der Waals surface area contributed by atoms with E-state index in [9.17, 15) is 10.1 Å². The number of benzene rings is 1. The summed E-state index contributed by atoms with van der Waals surface area (Å²) in [5.74, 6) is 0. The molecule has 1 rings (SSSR count). The second kappa shape index (κ2) is 5.14. The molecule has 80 valence electrons. The molecule has 1 N–H and O–H groups in total. The number of nitro groups is 1. The van der Waals surface area contributed by atoms with Gasteiger partial charge < -0.3 is 5.32 Å². The Hall–Kier alpha value is -1.84. The third kappa shape index (κ3) is 3.09. The first kappa shape index (κ1) is 11.2. The van der Waals surface area contributed by atoms with Crippen molar-refractivity contribution in [2.75, 3.05) is 11.9 Å². The molecule has 0 saturated carbocycles. The van der Waals surface area contributed by atoms with E-state index in [1.807, 2.05) is 6.07 Å². The van der Waals surface area contributed by atoms with Crippen molar-refractivity contribution in [3.8, 4) is 0 Å². The van der Waals surface area contributed by atoms with E-state index in [-0.39, 0.29) is 10.6 Å². The zero-order valence-corrected chi connectivity index (χ0v) is 8.69. The van der Waals surface area contributed by atoms with Gasteiger partial charge in [-0.25, -0.2) is 0 Å². The summed E-state index contributed by atoms with van der Waals surface area (Å²) in [6, 6.07) is 5.14. The fourth-order valence-electron chi connectivity index (χ4n) is 1.23. The van der Waals surface area contributed by atoms with E-state index in [0.717, 1.165) is 18.7 Å². The largest absolute Gasteiger partial charge is 0.385 e. The average molecular weight is 206 g/mol. The molecule has 1 aromatic carbocycles. The number of nitrogens with one attached hydrogen (secondary N) is 1. The fraction of sp³-hybridized carbons (Fsp3) is 0.273. The van der Waals surface area contributed by atoms with E-state index >= 15 is 0 Å². The zero-order valence-electron chi connectivity index (χ0n) is 8.69. The molecule has 0 atom stereocenters. The van der Waals surface area contributed by atoms with Gasteiger partial charge in [-0.1, -0.05) is 12.1 Å². The fourth-order valence-corrected chi connectivity index (χ4v) is 1.23. The summed E-state index contributed by atoms with van der Waals surface area (Å²) >= 11 is 0. The van der Waals surface area contributed by atoms with Gasteiger partial charge in [0.1, 0.15) is 0 Å². The molecule has 0 aliphatic heterocycles. The number of aryl methyl sites for hydroxylation is 1. The van der Waals surface area contributed by atoms with Crippen LogP contribution in [0, 0.1) is 17.0 Å². The molecule has 0 fully saturated rings. The van der Waals surface area contributed by atoms with Crippen LogP contribution in [0.5, 0.6) is 0 Å². The van der Waals surface area contributed by atoms with Crippen molar-refractivity contribution in [3.63, 3.8) is 0 Å². The van der Waals surface area contributed by atoms with E-state index < -0.39 is 0 Å². The lowest BCUT2D eigenvalue weighted by molar-refractivity contribution is -0.385. The number of hydrogen-bond acceptors (Lipinski definition) is 3. The highest BCUT2D eigenvalue weighted by atomic mass is 16.6. The molecule has 0 aliphatic rings. The summed E-state index contributed by atoms with van der Waals surface area (Å²) in [4.78, 5) is 10.3. The van der Waals surface area contributed by atoms with Crippen LogP contribution >= 0.6 is 0 Å². The van der Waals surface area contributed by atoms with Crippen LogP contribution in [0.2, 0.25) is 0 Å². The van der Waals surface area contributed by atoms with Gasteiger partial charge >= 0.3 is 0 Å². The maximum atomic E-state index is 10.7. The summed E-state index contributed by atoms with van der Waals surface area (Å²) < 4.78 is 0. The Bertz CT molecular complexity index is 375. The molecule has 0 aliphatic carbocycles. The van der Waals surface area contributed by atoms with Crippen LogP contribution in [0.4, 0.5) is 11.4 Å². The number of nitro benzene ring substituents is 1. The lowest BCUT2D eigenvalue weighted by Crippen LogP contribution is -2.01. The maximum absolute atomic E-state index is 10.7. The summed E-state index contributed by atoms with van der Waals surface area (Å²) in [6.45, 7) is 6.07. The van der Waals surface area contributed by atoms with Gasteiger partial charge in [-0.3, -0.25) is 10.1 Å². The number of hydrogen-bond donors (Lipinski definition) is 1. The molecule has 0 unspecified atom stereocenters. The number of rotatable bonds is 5. The van der Waals surface area contributed by atoms with Gasteiger partial charge in [0.25, 0.3) is 5.69 Å². The van der Waals surface area contributed by atoms with Gasteiger partial charge in [-0.15, -0.1) is 6.58 Å². The van der Waals surface area contributed by atoms with Gasteiger partial charge in [0.15, 0.2) is 0 Å². The molecule has 15 heavy (non-hydrogen) atoms. The summed E-state index contributed by atoms with van der Waals surface area (Å²) in [6.07, 6.45) is 2.64. The lowest BCUT2D eigenvalue weighted by Gasteiger charge is -2.05. The van der Waals surface area contributed by atoms with Crippen LogP contribution in [0.25, 0.3) is 0 Å². The lowest BCUT2D eigenvalue weighted by atomic mass is 10.2. The molecular weight excluding hydrogens is 192 g/mol. The number of nitrogens with zero attached hydrogens (tertiary/aromatic N) is 1. The van der Waals surface area contributed by atoms with E-state index in [2.05, 4.69) is 11.9 Å². The molecule has 0 heterocycles. The molecule has 1 aromatic rings. The molecule has 0 amide bonds. The first-order chi connectivity index (χ1) is 7.15. The minimum Gasteiger partial charge on any atom is -0.385 e. The van der Waals surface area contributed by atoms with Crippen LogP contribution < -0.4 is 5.32 Å². The second-order valence-electron chi connectivity index (χ2n) is 3.26. The molecule has 0 saturated heterocycles. The summed E-state index contributed by atoms with van der Waals surface area (Å²) in [7, 11) is 0. The zero-order chi connectivity index (χ0) is 11.3. The highest BCUT2D eigenvalue weighted by molar-refractivity contribution is 5.54. The Morgan fingerprint density at radius 1 is 1.60 bits per heavy atom. The van der Waals surface area contributed by atoms with E-state index in [1.54, 1.807) is 25.1 Å². The Balaban J connectivity index is 2.78. The second-order valence-corrected chi connectivity index (χ2v) is 3.26.